The van der Waals surface area contributed by atoms with Crippen molar-refractivity contribution in [3.05, 3.63) is 28.8 Å². The van der Waals surface area contributed by atoms with Crippen molar-refractivity contribution in [2.24, 2.45) is 0 Å². The van der Waals surface area contributed by atoms with Crippen LogP contribution in [0.2, 0.25) is 5.02 Å². The van der Waals surface area contributed by atoms with Crippen LogP contribution in [0.4, 0.5) is 0 Å². The Morgan fingerprint density at radius 3 is 2.76 bits per heavy atom. The molecule has 0 saturated heterocycles. The van der Waals surface area contributed by atoms with E-state index in [1.54, 1.807) is 18.2 Å². The van der Waals surface area contributed by atoms with E-state index >= 15 is 0 Å². The van der Waals surface area contributed by atoms with Gasteiger partial charge in [0.1, 0.15) is 11.9 Å². The topological polar surface area (TPSA) is 84.9 Å². The first-order valence-corrected chi connectivity index (χ1v) is 8.58. The van der Waals surface area contributed by atoms with Gasteiger partial charge in [-0.25, -0.2) is 0 Å². The average Bonchev–Trinajstić information content (AvgIpc) is 2.85. The minimum atomic E-state index is -4.28. The first-order valence-electron chi connectivity index (χ1n) is 6.76. The van der Waals surface area contributed by atoms with Crippen LogP contribution in [0.3, 0.4) is 0 Å². The molecule has 0 bridgehead atoms. The highest BCUT2D eigenvalue weighted by molar-refractivity contribution is 7.83. The van der Waals surface area contributed by atoms with Crippen molar-refractivity contribution < 1.29 is 22.4 Å². The van der Waals surface area contributed by atoms with Crippen molar-refractivity contribution in [1.82, 2.24) is 4.72 Å². The molecule has 0 unspecified atom stereocenters. The third-order valence-corrected chi connectivity index (χ3v) is 4.64. The molecule has 1 heterocycles. The van der Waals surface area contributed by atoms with Crippen molar-refractivity contribution in [3.63, 3.8) is 0 Å². The van der Waals surface area contributed by atoms with Gasteiger partial charge in [-0.05, 0) is 18.9 Å². The van der Waals surface area contributed by atoms with Crippen LogP contribution in [0, 0.1) is 0 Å². The zero-order chi connectivity index (χ0) is 15.1. The van der Waals surface area contributed by atoms with Gasteiger partial charge in [-0.3, -0.25) is 4.55 Å². The quantitative estimate of drug-likeness (QED) is 0.830. The molecule has 0 amide bonds. The van der Waals surface area contributed by atoms with E-state index in [9.17, 15) is 8.42 Å². The maximum Gasteiger partial charge on any atom is 0.333 e. The molecule has 1 aliphatic heterocycles. The van der Waals surface area contributed by atoms with E-state index in [0.717, 1.165) is 25.7 Å². The lowest BCUT2D eigenvalue weighted by atomic mass is 10.0. The van der Waals surface area contributed by atoms with Crippen LogP contribution >= 0.6 is 11.6 Å². The minimum Gasteiger partial charge on any atom is -0.460 e. The number of rotatable bonds is 3. The van der Waals surface area contributed by atoms with Crippen molar-refractivity contribution in [2.45, 2.75) is 37.6 Å². The number of hydrogen-bond donors (Lipinski definition) is 2. The molecule has 116 valence electrons. The molecule has 2 aliphatic rings. The number of benzene rings is 1. The number of halogens is 1. The highest BCUT2D eigenvalue weighted by Gasteiger charge is 2.45. The molecule has 1 aromatic rings. The molecule has 1 aliphatic carbocycles. The van der Waals surface area contributed by atoms with Crippen LogP contribution < -0.4 is 9.46 Å². The van der Waals surface area contributed by atoms with Gasteiger partial charge in [0.15, 0.2) is 0 Å². The summed E-state index contributed by atoms with van der Waals surface area (Å²) in [7, 11) is -4.28. The number of hydrogen-bond acceptors (Lipinski definition) is 4. The Kier molecular flexibility index (Phi) is 3.87. The van der Waals surface area contributed by atoms with Crippen molar-refractivity contribution >= 4 is 21.9 Å². The van der Waals surface area contributed by atoms with Gasteiger partial charge in [-0.2, -0.15) is 13.1 Å². The summed E-state index contributed by atoms with van der Waals surface area (Å²) in [4.78, 5) is 0. The Hall–Kier alpha value is -0.860. The molecular weight excluding hydrogens is 318 g/mol. The lowest BCUT2D eigenvalue weighted by molar-refractivity contribution is -0.223. The molecule has 8 heteroatoms. The summed E-state index contributed by atoms with van der Waals surface area (Å²) in [6, 6.07) is 5.25. The fraction of sp³-hybridized carbons (Fsp3) is 0.538. The minimum absolute atomic E-state index is 0.0721. The molecule has 1 fully saturated rings. The van der Waals surface area contributed by atoms with Gasteiger partial charge in [0.25, 0.3) is 0 Å². The van der Waals surface area contributed by atoms with Gasteiger partial charge in [0.05, 0.1) is 5.02 Å². The molecule has 1 atom stereocenters. The first kappa shape index (κ1) is 15.1. The van der Waals surface area contributed by atoms with Crippen LogP contribution in [0.5, 0.6) is 5.75 Å². The van der Waals surface area contributed by atoms with E-state index in [-0.39, 0.29) is 6.54 Å². The molecule has 1 spiro atoms. The highest BCUT2D eigenvalue weighted by Crippen LogP contribution is 2.48. The fourth-order valence-corrected chi connectivity index (χ4v) is 3.47. The van der Waals surface area contributed by atoms with Gasteiger partial charge in [-0.1, -0.05) is 23.7 Å². The van der Waals surface area contributed by atoms with Gasteiger partial charge in [-0.15, -0.1) is 0 Å². The molecule has 0 radical (unpaired) electrons. The number of nitrogens with one attached hydrogen (secondary N) is 1. The normalized spacial score (nSPS) is 23.8. The van der Waals surface area contributed by atoms with Crippen molar-refractivity contribution in [1.29, 1.82) is 0 Å². The van der Waals surface area contributed by atoms with Crippen LogP contribution in [0.15, 0.2) is 18.2 Å². The molecule has 1 saturated carbocycles. The van der Waals surface area contributed by atoms with E-state index in [4.69, 9.17) is 25.6 Å². The Morgan fingerprint density at radius 2 is 2.10 bits per heavy atom. The van der Waals surface area contributed by atoms with Crippen molar-refractivity contribution in [3.8, 4) is 5.75 Å². The van der Waals surface area contributed by atoms with Crippen LogP contribution in [0.25, 0.3) is 0 Å². The van der Waals surface area contributed by atoms with Crippen molar-refractivity contribution in [2.75, 3.05) is 6.54 Å². The Bertz CT molecular complexity index is 642. The second-order valence-corrected chi connectivity index (χ2v) is 6.95. The monoisotopic (exact) mass is 333 g/mol. The summed E-state index contributed by atoms with van der Waals surface area (Å²) in [6.07, 6.45) is 2.89. The zero-order valence-corrected chi connectivity index (χ0v) is 12.8. The second kappa shape index (κ2) is 5.40. The number of fused-ring (bicyclic) bond motifs is 1. The summed E-state index contributed by atoms with van der Waals surface area (Å²) in [5.41, 5.74) is 0.677. The largest absolute Gasteiger partial charge is 0.460 e. The van der Waals surface area contributed by atoms with Crippen LogP contribution in [0.1, 0.15) is 37.4 Å². The van der Waals surface area contributed by atoms with Gasteiger partial charge in [0, 0.05) is 24.9 Å². The summed E-state index contributed by atoms with van der Waals surface area (Å²) >= 11 is 6.19. The van der Waals surface area contributed by atoms with E-state index in [1.165, 1.54) is 0 Å². The lowest BCUT2D eigenvalue weighted by Gasteiger charge is -2.40. The van der Waals surface area contributed by atoms with Gasteiger partial charge >= 0.3 is 10.3 Å². The third-order valence-electron chi connectivity index (χ3n) is 3.81. The van der Waals surface area contributed by atoms with Crippen LogP contribution in [-0.2, 0) is 15.0 Å². The summed E-state index contributed by atoms with van der Waals surface area (Å²) in [5.74, 6) is -0.210. The SMILES string of the molecule is O=S(=O)(O)NC[C@H]1OC2(CCCC2)Oc2c(Cl)cccc21. The van der Waals surface area contributed by atoms with Gasteiger partial charge < -0.3 is 9.47 Å². The third kappa shape index (κ3) is 3.17. The van der Waals surface area contributed by atoms with E-state index < -0.39 is 22.2 Å². The molecule has 21 heavy (non-hydrogen) atoms. The average molecular weight is 334 g/mol. The highest BCUT2D eigenvalue weighted by atomic mass is 35.5. The maximum absolute atomic E-state index is 10.9. The zero-order valence-electron chi connectivity index (χ0n) is 11.2. The number of para-hydroxylation sites is 1. The molecule has 3 rings (SSSR count). The Labute approximate surface area is 128 Å². The maximum atomic E-state index is 10.9. The summed E-state index contributed by atoms with van der Waals surface area (Å²) in [5, 5.41) is 0.471. The Morgan fingerprint density at radius 1 is 1.38 bits per heavy atom. The van der Waals surface area contributed by atoms with E-state index in [2.05, 4.69) is 4.72 Å². The van der Waals surface area contributed by atoms with Crippen LogP contribution in [-0.4, -0.2) is 25.3 Å². The lowest BCUT2D eigenvalue weighted by Crippen LogP contribution is -2.44. The Balaban J connectivity index is 1.93. The summed E-state index contributed by atoms with van der Waals surface area (Å²) in [6.45, 7) is -0.0721. The summed E-state index contributed by atoms with van der Waals surface area (Å²) < 4.78 is 44.7. The standard InChI is InChI=1S/C13H16ClNO5S/c14-10-5-3-4-9-11(8-15-21(16,17)18)19-13(20-12(9)10)6-1-2-7-13/h3-5,11,15H,1-2,6-8H2,(H,16,17,18)/t11-/m1/s1. The number of ether oxygens (including phenoxy) is 2. The van der Waals surface area contributed by atoms with E-state index in [0.29, 0.717) is 16.3 Å². The molecule has 2 N–H and O–H groups in total. The molecular formula is C13H16ClNO5S. The smallest absolute Gasteiger partial charge is 0.333 e. The second-order valence-electron chi connectivity index (χ2n) is 5.31. The van der Waals surface area contributed by atoms with E-state index in [1.807, 2.05) is 0 Å². The molecule has 0 aromatic heterocycles. The predicted molar refractivity (Wildman–Crippen MR) is 76.7 cm³/mol. The molecule has 1 aromatic carbocycles. The fourth-order valence-electron chi connectivity index (χ4n) is 2.89. The molecule has 6 nitrogen and oxygen atoms in total. The van der Waals surface area contributed by atoms with Gasteiger partial charge in [0.2, 0.25) is 5.79 Å². The predicted octanol–water partition coefficient (Wildman–Crippen LogP) is 2.45. The first-order chi connectivity index (χ1) is 9.89.